The lowest BCUT2D eigenvalue weighted by Crippen LogP contribution is -2.48. The van der Waals surface area contributed by atoms with E-state index in [-0.39, 0.29) is 0 Å². The minimum absolute atomic E-state index is 0.291. The molecule has 1 fully saturated rings. The van der Waals surface area contributed by atoms with E-state index in [4.69, 9.17) is 4.98 Å². The summed E-state index contributed by atoms with van der Waals surface area (Å²) in [7, 11) is 0. The highest BCUT2D eigenvalue weighted by Gasteiger charge is 2.29. The molecule has 1 unspecified atom stereocenters. The molecule has 1 saturated heterocycles. The van der Waals surface area contributed by atoms with Gasteiger partial charge in [0, 0.05) is 32.7 Å². The van der Waals surface area contributed by atoms with Crippen LogP contribution in [0.2, 0.25) is 0 Å². The Morgan fingerprint density at radius 3 is 2.59 bits per heavy atom. The summed E-state index contributed by atoms with van der Waals surface area (Å²) in [5, 5.41) is 13.9. The summed E-state index contributed by atoms with van der Waals surface area (Å²) >= 11 is 1.79. The van der Waals surface area contributed by atoms with Gasteiger partial charge in [-0.05, 0) is 41.3 Å². The first-order valence-corrected chi connectivity index (χ1v) is 11.6. The van der Waals surface area contributed by atoms with Crippen molar-refractivity contribution in [1.29, 1.82) is 0 Å². The van der Waals surface area contributed by atoms with Gasteiger partial charge in [0.05, 0.1) is 16.3 Å². The van der Waals surface area contributed by atoms with Crippen molar-refractivity contribution < 1.29 is 0 Å². The predicted octanol–water partition coefficient (Wildman–Crippen LogP) is 3.99. The molecule has 0 saturated carbocycles. The molecule has 0 N–H and O–H groups in total. The van der Waals surface area contributed by atoms with Gasteiger partial charge in [-0.2, -0.15) is 0 Å². The number of para-hydroxylation sites is 1. The second kappa shape index (κ2) is 9.17. The van der Waals surface area contributed by atoms with Crippen molar-refractivity contribution in [2.45, 2.75) is 52.6 Å². The van der Waals surface area contributed by atoms with Gasteiger partial charge in [-0.15, -0.1) is 5.10 Å². The first-order valence-electron chi connectivity index (χ1n) is 10.8. The van der Waals surface area contributed by atoms with Gasteiger partial charge in [-0.3, -0.25) is 4.90 Å². The number of aromatic nitrogens is 5. The van der Waals surface area contributed by atoms with E-state index in [1.54, 1.807) is 11.3 Å². The lowest BCUT2D eigenvalue weighted by molar-refractivity contribution is 0.163. The number of anilines is 1. The van der Waals surface area contributed by atoms with Crippen LogP contribution in [0.1, 0.15) is 51.9 Å². The largest absolute Gasteiger partial charge is 0.345 e. The molecular weight excluding hydrogens is 382 g/mol. The summed E-state index contributed by atoms with van der Waals surface area (Å²) in [6.45, 7) is 11.6. The Morgan fingerprint density at radius 2 is 1.86 bits per heavy atom. The molecule has 7 nitrogen and oxygen atoms in total. The van der Waals surface area contributed by atoms with Crippen LogP contribution in [-0.4, -0.2) is 56.3 Å². The Hall–Kier alpha value is -2.06. The minimum atomic E-state index is 0.291. The Kier molecular flexibility index (Phi) is 6.40. The summed E-state index contributed by atoms with van der Waals surface area (Å²) in [6, 6.07) is 8.68. The van der Waals surface area contributed by atoms with Gasteiger partial charge in [0.2, 0.25) is 0 Å². The van der Waals surface area contributed by atoms with Crippen LogP contribution in [0, 0.1) is 5.92 Å². The van der Waals surface area contributed by atoms with E-state index in [2.05, 4.69) is 70.4 Å². The number of benzene rings is 1. The molecule has 1 aromatic carbocycles. The number of fused-ring (bicyclic) bond motifs is 1. The van der Waals surface area contributed by atoms with Crippen molar-refractivity contribution in [2.24, 2.45) is 5.92 Å². The van der Waals surface area contributed by atoms with Crippen LogP contribution in [0.3, 0.4) is 0 Å². The van der Waals surface area contributed by atoms with E-state index in [1.807, 2.05) is 4.68 Å². The maximum atomic E-state index is 4.84. The standard InChI is InChI=1S/C21H31N7S/c1-4-7-18(20-23-24-25-28(20)11-10-16(2)3)26-12-14-27(15-13-26)21-22-17-8-5-6-9-19(17)29-21/h5-6,8-9,16,18H,4,7,10-15H2,1-3H3. The van der Waals surface area contributed by atoms with Crippen molar-refractivity contribution in [3.05, 3.63) is 30.1 Å². The van der Waals surface area contributed by atoms with E-state index >= 15 is 0 Å². The highest BCUT2D eigenvalue weighted by Crippen LogP contribution is 2.31. The zero-order valence-corrected chi connectivity index (χ0v) is 18.5. The summed E-state index contributed by atoms with van der Waals surface area (Å²) < 4.78 is 3.29. The van der Waals surface area contributed by atoms with Crippen LogP contribution in [-0.2, 0) is 6.54 Å². The molecule has 3 heterocycles. The van der Waals surface area contributed by atoms with Crippen molar-refractivity contribution in [3.8, 4) is 0 Å². The molecule has 1 aliphatic heterocycles. The Labute approximate surface area is 176 Å². The van der Waals surface area contributed by atoms with Crippen LogP contribution in [0.5, 0.6) is 0 Å². The molecule has 2 aromatic heterocycles. The monoisotopic (exact) mass is 413 g/mol. The van der Waals surface area contributed by atoms with E-state index in [9.17, 15) is 0 Å². The summed E-state index contributed by atoms with van der Waals surface area (Å²) in [5.74, 6) is 1.68. The number of aryl methyl sites for hydroxylation is 1. The van der Waals surface area contributed by atoms with Crippen LogP contribution >= 0.6 is 11.3 Å². The predicted molar refractivity (Wildman–Crippen MR) is 118 cm³/mol. The van der Waals surface area contributed by atoms with E-state index in [0.29, 0.717) is 12.0 Å². The van der Waals surface area contributed by atoms with Crippen molar-refractivity contribution in [2.75, 3.05) is 31.1 Å². The van der Waals surface area contributed by atoms with Gasteiger partial charge in [-0.25, -0.2) is 9.67 Å². The maximum absolute atomic E-state index is 4.84. The fourth-order valence-corrected chi connectivity index (χ4v) is 4.98. The molecule has 29 heavy (non-hydrogen) atoms. The molecule has 0 radical (unpaired) electrons. The number of hydrogen-bond acceptors (Lipinski definition) is 7. The number of piperazine rings is 1. The van der Waals surface area contributed by atoms with Gasteiger partial charge in [0.25, 0.3) is 0 Å². The third kappa shape index (κ3) is 4.59. The fourth-order valence-electron chi connectivity index (χ4n) is 3.96. The fraction of sp³-hybridized carbons (Fsp3) is 0.619. The van der Waals surface area contributed by atoms with Crippen LogP contribution < -0.4 is 4.90 Å². The highest BCUT2D eigenvalue weighted by molar-refractivity contribution is 7.22. The number of nitrogens with zero attached hydrogens (tertiary/aromatic N) is 7. The molecule has 4 rings (SSSR count). The molecule has 1 atom stereocenters. The van der Waals surface area contributed by atoms with E-state index in [1.165, 1.54) is 4.70 Å². The molecule has 0 aliphatic carbocycles. The number of rotatable bonds is 8. The first kappa shape index (κ1) is 20.2. The zero-order chi connectivity index (χ0) is 20.2. The second-order valence-electron chi connectivity index (χ2n) is 8.23. The van der Waals surface area contributed by atoms with Gasteiger partial charge in [0.15, 0.2) is 11.0 Å². The number of thiazole rings is 1. The van der Waals surface area contributed by atoms with Crippen molar-refractivity contribution >= 4 is 26.7 Å². The zero-order valence-electron chi connectivity index (χ0n) is 17.7. The van der Waals surface area contributed by atoms with E-state index < -0.39 is 0 Å². The van der Waals surface area contributed by atoms with Gasteiger partial charge in [-0.1, -0.05) is 50.7 Å². The molecule has 1 aliphatic rings. The average molecular weight is 414 g/mol. The number of tetrazole rings is 1. The smallest absolute Gasteiger partial charge is 0.186 e. The molecule has 156 valence electrons. The molecule has 0 bridgehead atoms. The van der Waals surface area contributed by atoms with Crippen LogP contribution in [0.15, 0.2) is 24.3 Å². The third-order valence-corrected chi connectivity index (χ3v) is 6.74. The maximum Gasteiger partial charge on any atom is 0.186 e. The van der Waals surface area contributed by atoms with Gasteiger partial charge >= 0.3 is 0 Å². The lowest BCUT2D eigenvalue weighted by Gasteiger charge is -2.38. The van der Waals surface area contributed by atoms with Crippen LogP contribution in [0.25, 0.3) is 10.2 Å². The summed E-state index contributed by atoms with van der Waals surface area (Å²) in [4.78, 5) is 9.82. The van der Waals surface area contributed by atoms with Crippen LogP contribution in [0.4, 0.5) is 5.13 Å². The molecule has 8 heteroatoms. The van der Waals surface area contributed by atoms with Gasteiger partial charge in [0.1, 0.15) is 0 Å². The number of hydrogen-bond donors (Lipinski definition) is 0. The molecule has 0 amide bonds. The normalized spacial score (nSPS) is 16.8. The highest BCUT2D eigenvalue weighted by atomic mass is 32.1. The summed E-state index contributed by atoms with van der Waals surface area (Å²) in [5.41, 5.74) is 1.10. The Bertz CT molecular complexity index is 878. The second-order valence-corrected chi connectivity index (χ2v) is 9.24. The SMILES string of the molecule is CCCC(c1nnnn1CCC(C)C)N1CCN(c2nc3ccccc3s2)CC1. The topological polar surface area (TPSA) is 63.0 Å². The Balaban J connectivity index is 1.44. The quantitative estimate of drug-likeness (QED) is 0.556. The molecular formula is C21H31N7S. The molecule has 3 aromatic rings. The summed E-state index contributed by atoms with van der Waals surface area (Å²) in [6.07, 6.45) is 3.31. The third-order valence-electron chi connectivity index (χ3n) is 5.65. The van der Waals surface area contributed by atoms with Gasteiger partial charge < -0.3 is 4.90 Å². The molecule has 0 spiro atoms. The van der Waals surface area contributed by atoms with E-state index in [0.717, 1.165) is 68.5 Å². The van der Waals surface area contributed by atoms with Crippen molar-refractivity contribution in [3.63, 3.8) is 0 Å². The Morgan fingerprint density at radius 1 is 1.07 bits per heavy atom. The first-order chi connectivity index (χ1) is 14.2. The average Bonchev–Trinajstić information content (AvgIpc) is 3.37. The van der Waals surface area contributed by atoms with Crippen molar-refractivity contribution in [1.82, 2.24) is 30.1 Å². The lowest BCUT2D eigenvalue weighted by atomic mass is 10.1. The minimum Gasteiger partial charge on any atom is -0.345 e.